The molecule has 3 rings (SSSR count). The van der Waals surface area contributed by atoms with E-state index in [-0.39, 0.29) is 45.6 Å². The van der Waals surface area contributed by atoms with E-state index >= 15 is 0 Å². The molecule has 0 spiro atoms. The van der Waals surface area contributed by atoms with Gasteiger partial charge in [0.15, 0.2) is 0 Å². The van der Waals surface area contributed by atoms with Crippen LogP contribution in [0.15, 0.2) is 41.3 Å². The van der Waals surface area contributed by atoms with Crippen molar-refractivity contribution in [2.45, 2.75) is 17.7 Å². The maximum absolute atomic E-state index is 12.8. The topological polar surface area (TPSA) is 136 Å². The molecular formula is C17H14ClN3O7S. The minimum atomic E-state index is -4.25. The number of sulfonamides is 1. The largest absolute Gasteiger partial charge is 0.495 e. The number of imide groups is 1. The van der Waals surface area contributed by atoms with Crippen molar-refractivity contribution in [2.24, 2.45) is 0 Å². The summed E-state index contributed by atoms with van der Waals surface area (Å²) in [5.74, 6) is -0.809. The fourth-order valence-electron chi connectivity index (χ4n) is 2.77. The van der Waals surface area contributed by atoms with Crippen LogP contribution in [-0.4, -0.2) is 32.3 Å². The lowest BCUT2D eigenvalue weighted by molar-refractivity contribution is -0.384. The average Bonchev–Trinajstić information content (AvgIpc) is 3.00. The standard InChI is InChI=1S/C17H14ClN3O7S/c1-28-15-5-3-11(9-14(15)20-16(22)6-7-17(20)23)29(26,27)19-13-8-10(21(24)25)2-4-12(13)18/h2-5,8-9,19H,6-7H2,1H3. The summed E-state index contributed by atoms with van der Waals surface area (Å²) in [7, 11) is -2.93. The monoisotopic (exact) mass is 439 g/mol. The fraction of sp³-hybridized carbons (Fsp3) is 0.176. The molecule has 152 valence electrons. The van der Waals surface area contributed by atoms with Crippen LogP contribution in [0.3, 0.4) is 0 Å². The lowest BCUT2D eigenvalue weighted by Crippen LogP contribution is -2.29. The molecule has 2 aromatic carbocycles. The Bertz CT molecular complexity index is 1120. The zero-order valence-electron chi connectivity index (χ0n) is 14.9. The highest BCUT2D eigenvalue weighted by molar-refractivity contribution is 7.92. The number of methoxy groups -OCH3 is 1. The van der Waals surface area contributed by atoms with E-state index in [0.717, 1.165) is 23.1 Å². The minimum absolute atomic E-state index is 0.00647. The van der Waals surface area contributed by atoms with Gasteiger partial charge in [-0.3, -0.25) is 24.4 Å². The van der Waals surface area contributed by atoms with Gasteiger partial charge in [0.05, 0.1) is 33.3 Å². The second-order valence-electron chi connectivity index (χ2n) is 5.98. The summed E-state index contributed by atoms with van der Waals surface area (Å²) in [6.45, 7) is 0. The maximum Gasteiger partial charge on any atom is 0.271 e. The van der Waals surface area contributed by atoms with Crippen LogP contribution >= 0.6 is 11.6 Å². The molecule has 2 aromatic rings. The van der Waals surface area contributed by atoms with Crippen LogP contribution in [-0.2, 0) is 19.6 Å². The molecule has 1 N–H and O–H groups in total. The number of ether oxygens (including phenoxy) is 1. The summed E-state index contributed by atoms with van der Waals surface area (Å²) in [6, 6.07) is 6.94. The van der Waals surface area contributed by atoms with Crippen LogP contribution < -0.4 is 14.4 Å². The van der Waals surface area contributed by atoms with Gasteiger partial charge >= 0.3 is 0 Å². The van der Waals surface area contributed by atoms with Gasteiger partial charge in [-0.25, -0.2) is 13.3 Å². The summed E-state index contributed by atoms with van der Waals surface area (Å²) in [6.07, 6.45) is 0.0288. The van der Waals surface area contributed by atoms with Gasteiger partial charge in [-0.15, -0.1) is 0 Å². The molecule has 0 unspecified atom stereocenters. The summed E-state index contributed by atoms with van der Waals surface area (Å²) in [4.78, 5) is 34.9. The number of hydrogen-bond acceptors (Lipinski definition) is 7. The van der Waals surface area contributed by atoms with E-state index in [1.54, 1.807) is 0 Å². The SMILES string of the molecule is COc1ccc(S(=O)(=O)Nc2cc([N+](=O)[O-])ccc2Cl)cc1N1C(=O)CCC1=O. The van der Waals surface area contributed by atoms with Crippen molar-refractivity contribution in [3.8, 4) is 5.75 Å². The highest BCUT2D eigenvalue weighted by Crippen LogP contribution is 2.35. The van der Waals surface area contributed by atoms with Crippen molar-refractivity contribution in [1.82, 2.24) is 0 Å². The Kier molecular flexibility index (Phi) is 5.44. The fourth-order valence-corrected chi connectivity index (χ4v) is 4.08. The Morgan fingerprint density at radius 3 is 2.38 bits per heavy atom. The van der Waals surface area contributed by atoms with Gasteiger partial charge < -0.3 is 4.74 Å². The summed E-state index contributed by atoms with van der Waals surface area (Å²) >= 11 is 5.95. The van der Waals surface area contributed by atoms with Crippen molar-refractivity contribution in [3.63, 3.8) is 0 Å². The van der Waals surface area contributed by atoms with E-state index in [0.29, 0.717) is 0 Å². The number of benzene rings is 2. The molecule has 12 heteroatoms. The predicted molar refractivity (Wildman–Crippen MR) is 104 cm³/mol. The number of rotatable bonds is 6. The molecule has 1 aliphatic heterocycles. The molecule has 0 atom stereocenters. The first-order valence-electron chi connectivity index (χ1n) is 8.14. The number of carbonyl (C=O) groups excluding carboxylic acids is 2. The number of amides is 2. The van der Waals surface area contributed by atoms with Gasteiger partial charge in [0, 0.05) is 25.0 Å². The molecule has 0 bridgehead atoms. The molecule has 2 amide bonds. The summed E-state index contributed by atoms with van der Waals surface area (Å²) < 4.78 is 32.9. The second kappa shape index (κ2) is 7.68. The molecule has 1 aliphatic rings. The third-order valence-corrected chi connectivity index (χ3v) is 5.85. The van der Waals surface area contributed by atoms with Crippen LogP contribution in [0.2, 0.25) is 5.02 Å². The third-order valence-electron chi connectivity index (χ3n) is 4.16. The lowest BCUT2D eigenvalue weighted by Gasteiger charge is -2.18. The zero-order valence-corrected chi connectivity index (χ0v) is 16.5. The molecule has 1 saturated heterocycles. The van der Waals surface area contributed by atoms with E-state index in [2.05, 4.69) is 4.72 Å². The number of hydrogen-bond donors (Lipinski definition) is 1. The highest BCUT2D eigenvalue weighted by atomic mass is 35.5. The Morgan fingerprint density at radius 1 is 1.14 bits per heavy atom. The smallest absolute Gasteiger partial charge is 0.271 e. The molecule has 0 aromatic heterocycles. The number of nitro benzene ring substituents is 1. The Balaban J connectivity index is 2.03. The Labute approximate surface area is 170 Å². The summed E-state index contributed by atoms with van der Waals surface area (Å²) in [5.41, 5.74) is -0.546. The third kappa shape index (κ3) is 4.00. The van der Waals surface area contributed by atoms with Crippen LogP contribution in [0.25, 0.3) is 0 Å². The molecule has 0 radical (unpaired) electrons. The Hall–Kier alpha value is -3.18. The lowest BCUT2D eigenvalue weighted by atomic mass is 10.2. The predicted octanol–water partition coefficient (Wildman–Crippen LogP) is 2.71. The Morgan fingerprint density at radius 2 is 1.79 bits per heavy atom. The number of non-ortho nitro benzene ring substituents is 1. The van der Waals surface area contributed by atoms with E-state index in [4.69, 9.17) is 16.3 Å². The maximum atomic E-state index is 12.8. The number of nitrogens with zero attached hydrogens (tertiary/aromatic N) is 2. The van der Waals surface area contributed by atoms with Crippen molar-refractivity contribution in [3.05, 3.63) is 51.5 Å². The molecule has 10 nitrogen and oxygen atoms in total. The molecule has 0 aliphatic carbocycles. The van der Waals surface area contributed by atoms with Crippen LogP contribution in [0.4, 0.5) is 17.1 Å². The van der Waals surface area contributed by atoms with Crippen LogP contribution in [0.5, 0.6) is 5.75 Å². The van der Waals surface area contributed by atoms with Crippen LogP contribution in [0.1, 0.15) is 12.8 Å². The number of halogens is 1. The van der Waals surface area contributed by atoms with E-state index in [9.17, 15) is 28.1 Å². The molecule has 1 heterocycles. The summed E-state index contributed by atoms with van der Waals surface area (Å²) in [5, 5.41) is 10.9. The quantitative estimate of drug-likeness (QED) is 0.415. The molecular weight excluding hydrogens is 426 g/mol. The van der Waals surface area contributed by atoms with Crippen LogP contribution in [0, 0.1) is 10.1 Å². The van der Waals surface area contributed by atoms with Gasteiger partial charge in [-0.1, -0.05) is 11.6 Å². The molecule has 29 heavy (non-hydrogen) atoms. The van der Waals surface area contributed by atoms with Crippen molar-refractivity contribution < 1.29 is 27.7 Å². The molecule has 1 fully saturated rings. The van der Waals surface area contributed by atoms with Gasteiger partial charge in [0.25, 0.3) is 15.7 Å². The highest BCUT2D eigenvalue weighted by Gasteiger charge is 2.33. The normalized spacial score (nSPS) is 14.2. The minimum Gasteiger partial charge on any atom is -0.495 e. The first-order chi connectivity index (χ1) is 13.6. The van der Waals surface area contributed by atoms with Crippen molar-refractivity contribution in [2.75, 3.05) is 16.7 Å². The van der Waals surface area contributed by atoms with Crippen molar-refractivity contribution >= 4 is 50.5 Å². The molecule has 0 saturated carbocycles. The number of nitro groups is 1. The average molecular weight is 440 g/mol. The number of carbonyl (C=O) groups is 2. The van der Waals surface area contributed by atoms with E-state index < -0.39 is 26.8 Å². The van der Waals surface area contributed by atoms with Gasteiger partial charge in [0.1, 0.15) is 5.75 Å². The number of nitrogens with one attached hydrogen (secondary N) is 1. The van der Waals surface area contributed by atoms with E-state index in [1.807, 2.05) is 0 Å². The van der Waals surface area contributed by atoms with Crippen molar-refractivity contribution in [1.29, 1.82) is 0 Å². The number of anilines is 2. The first-order valence-corrected chi connectivity index (χ1v) is 10.0. The van der Waals surface area contributed by atoms with Gasteiger partial charge in [-0.2, -0.15) is 0 Å². The second-order valence-corrected chi connectivity index (χ2v) is 8.07. The van der Waals surface area contributed by atoms with Gasteiger partial charge in [-0.05, 0) is 24.3 Å². The first kappa shape index (κ1) is 20.6. The van der Waals surface area contributed by atoms with Gasteiger partial charge in [0.2, 0.25) is 11.8 Å². The zero-order chi connectivity index (χ0) is 21.3. The van der Waals surface area contributed by atoms with E-state index in [1.165, 1.54) is 25.3 Å².